The number of hydrogen-bond acceptors (Lipinski definition) is 1. The van der Waals surface area contributed by atoms with E-state index in [9.17, 15) is 0 Å². The van der Waals surface area contributed by atoms with Gasteiger partial charge in [-0.1, -0.05) is 6.08 Å². The van der Waals surface area contributed by atoms with E-state index in [-0.39, 0.29) is 16.3 Å². The van der Waals surface area contributed by atoms with Crippen molar-refractivity contribution in [3.63, 3.8) is 0 Å². The van der Waals surface area contributed by atoms with Crippen LogP contribution in [0.3, 0.4) is 0 Å². The fraction of sp³-hybridized carbons (Fsp3) is 0.0930. The molecule has 0 spiro atoms. The van der Waals surface area contributed by atoms with Gasteiger partial charge in [-0.25, -0.2) is 0 Å². The van der Waals surface area contributed by atoms with Crippen LogP contribution < -0.4 is 15.9 Å². The van der Waals surface area contributed by atoms with E-state index in [1.807, 2.05) is 32.0 Å². The standard InChI is InChI=1S/C43H33F2OP.Os/c1-4-15-33-24-26-41-40(42(33)44)27-25-34(43(41)45)22-23-35(28-36-30-46-29-32(36)5-2)31(3)47(37-16-9-6-10-17-37,38-18-11-7-12-19-38)39-20-13-8-14-21-39;/h4-21,24-28H,29-30H2,1-2H3;/q+1;/b15-4+,32-5?,35-31?,36-28?;. The van der Waals surface area contributed by atoms with Crippen LogP contribution in [0.5, 0.6) is 0 Å². The third kappa shape index (κ3) is 6.37. The van der Waals surface area contributed by atoms with Crippen LogP contribution in [0.4, 0.5) is 8.78 Å². The second-order valence-corrected chi connectivity index (χ2v) is 15.2. The molecule has 6 rings (SSSR count). The summed E-state index contributed by atoms with van der Waals surface area (Å²) in [7, 11) is -2.58. The first-order chi connectivity index (χ1) is 23.5. The molecule has 0 saturated carbocycles. The monoisotopic (exact) mass is 826 g/mol. The van der Waals surface area contributed by atoms with E-state index in [1.54, 1.807) is 54.4 Å². The summed E-state index contributed by atoms with van der Waals surface area (Å²) in [5.41, 5.74) is 3.49. The molecule has 0 radical (unpaired) electrons. The topological polar surface area (TPSA) is 9.23 Å². The molecule has 48 heavy (non-hydrogen) atoms. The van der Waals surface area contributed by atoms with Gasteiger partial charge in [0.2, 0.25) is 0 Å². The predicted molar refractivity (Wildman–Crippen MR) is 194 cm³/mol. The first-order valence-corrected chi connectivity index (χ1v) is 18.7. The van der Waals surface area contributed by atoms with Gasteiger partial charge in [0.1, 0.15) is 0 Å². The molecular formula is C43H33F2OOsP+. The van der Waals surface area contributed by atoms with Crippen LogP contribution in [-0.2, 0) is 22.7 Å². The summed E-state index contributed by atoms with van der Waals surface area (Å²) < 4.78 is 40.9. The van der Waals surface area contributed by atoms with Gasteiger partial charge in [-0.05, 0) is 6.92 Å². The maximum absolute atomic E-state index is 16.1. The van der Waals surface area contributed by atoms with Crippen LogP contribution in [-0.4, -0.2) is 13.2 Å². The van der Waals surface area contributed by atoms with Crippen molar-refractivity contribution in [2.24, 2.45) is 0 Å². The molecule has 1 nitrogen and oxygen atoms in total. The van der Waals surface area contributed by atoms with Gasteiger partial charge in [-0.2, -0.15) is 0 Å². The number of rotatable bonds is 6. The number of ether oxygens (including phenoxy) is 1. The van der Waals surface area contributed by atoms with E-state index < -0.39 is 18.9 Å². The van der Waals surface area contributed by atoms with Gasteiger partial charge >= 0.3 is 280 Å². The van der Waals surface area contributed by atoms with Crippen molar-refractivity contribution in [2.45, 2.75) is 13.8 Å². The molecule has 0 unspecified atom stereocenters. The second-order valence-electron chi connectivity index (χ2n) is 11.2. The van der Waals surface area contributed by atoms with Crippen molar-refractivity contribution >= 4 is 40.0 Å². The Kier molecular flexibility index (Phi) is 10.6. The molecule has 0 bridgehead atoms. The molecule has 5 heteroatoms. The Morgan fingerprint density at radius 3 is 1.79 bits per heavy atom. The number of benzene rings is 5. The fourth-order valence-electron chi connectivity index (χ4n) is 6.16. The molecule has 1 heterocycles. The normalized spacial score (nSPS) is 15.4. The summed E-state index contributed by atoms with van der Waals surface area (Å²) in [6, 6.07) is 38.0. The van der Waals surface area contributed by atoms with Crippen molar-refractivity contribution in [1.82, 2.24) is 0 Å². The maximum atomic E-state index is 16.1. The van der Waals surface area contributed by atoms with Gasteiger partial charge in [0, 0.05) is 0 Å². The molecule has 5 aromatic rings. The van der Waals surface area contributed by atoms with Gasteiger partial charge < -0.3 is 0 Å². The minimum absolute atomic E-state index is 0.200. The van der Waals surface area contributed by atoms with E-state index in [4.69, 9.17) is 4.74 Å². The van der Waals surface area contributed by atoms with E-state index in [0.29, 0.717) is 18.8 Å². The van der Waals surface area contributed by atoms with Crippen molar-refractivity contribution in [3.05, 3.63) is 178 Å². The third-order valence-electron chi connectivity index (χ3n) is 8.48. The molecular weight excluding hydrogens is 792 g/mol. The number of halogens is 2. The molecule has 1 aliphatic rings. The average molecular weight is 825 g/mol. The van der Waals surface area contributed by atoms with Crippen LogP contribution in [0.25, 0.3) is 16.8 Å². The van der Waals surface area contributed by atoms with Crippen molar-refractivity contribution in [2.75, 3.05) is 13.2 Å². The van der Waals surface area contributed by atoms with Crippen LogP contribution in [0, 0.1) is 27.8 Å². The fourth-order valence-corrected chi connectivity index (χ4v) is 11.9. The Morgan fingerprint density at radius 1 is 0.708 bits per heavy atom. The van der Waals surface area contributed by atoms with Crippen LogP contribution >= 0.6 is 7.26 Å². The Balaban J connectivity index is 1.69. The van der Waals surface area contributed by atoms with E-state index in [1.165, 1.54) is 0 Å². The van der Waals surface area contributed by atoms with Crippen LogP contribution in [0.2, 0.25) is 0 Å². The van der Waals surface area contributed by atoms with Gasteiger partial charge in [-0.3, -0.25) is 0 Å². The van der Waals surface area contributed by atoms with E-state index >= 15 is 8.78 Å². The molecule has 0 N–H and O–H groups in total. The Bertz CT molecular complexity index is 2100. The molecule has 0 aromatic heterocycles. The second kappa shape index (κ2) is 15.2. The molecule has 5 aromatic carbocycles. The van der Waals surface area contributed by atoms with Gasteiger partial charge in [0.25, 0.3) is 0 Å². The van der Waals surface area contributed by atoms with Gasteiger partial charge in [0.15, 0.2) is 0 Å². The van der Waals surface area contributed by atoms with Gasteiger partial charge in [-0.15, -0.1) is 0 Å². The Labute approximate surface area is 291 Å². The zero-order chi connectivity index (χ0) is 33.5. The summed E-state index contributed by atoms with van der Waals surface area (Å²) in [5, 5.41) is 4.86. The van der Waals surface area contributed by atoms with Crippen molar-refractivity contribution in [1.29, 1.82) is 0 Å². The van der Waals surface area contributed by atoms with E-state index in [0.717, 1.165) is 37.9 Å². The molecule has 0 amide bonds. The van der Waals surface area contributed by atoms with Crippen molar-refractivity contribution < 1.29 is 31.5 Å². The quantitative estimate of drug-likeness (QED) is 0.123. The summed E-state index contributed by atoms with van der Waals surface area (Å²) >= 11 is 1.67. The van der Waals surface area contributed by atoms with Crippen molar-refractivity contribution in [3.8, 4) is 16.2 Å². The molecule has 1 aliphatic heterocycles. The summed E-state index contributed by atoms with van der Waals surface area (Å²) in [6.45, 7) is 4.81. The molecule has 0 atom stereocenters. The third-order valence-corrected chi connectivity index (χ3v) is 13.9. The zero-order valence-electron chi connectivity index (χ0n) is 26.7. The van der Waals surface area contributed by atoms with Crippen LogP contribution in [0.15, 0.2) is 156 Å². The Morgan fingerprint density at radius 2 is 1.25 bits per heavy atom. The Hall–Kier alpha value is -4.45. The van der Waals surface area contributed by atoms with Crippen LogP contribution in [0.1, 0.15) is 25.0 Å². The number of hydrogen-bond donors (Lipinski definition) is 0. The van der Waals surface area contributed by atoms with E-state index in [2.05, 4.69) is 101 Å². The zero-order valence-corrected chi connectivity index (χ0v) is 30.1. The first kappa shape index (κ1) is 33.4. The number of fused-ring (bicyclic) bond motifs is 1. The predicted octanol–water partition coefficient (Wildman–Crippen LogP) is 9.16. The molecule has 1 saturated heterocycles. The summed E-state index contributed by atoms with van der Waals surface area (Å²) in [5.74, 6) is 5.60. The van der Waals surface area contributed by atoms with Gasteiger partial charge in [0.05, 0.1) is 0 Å². The number of allylic oxidation sites excluding steroid dienone is 5. The average Bonchev–Trinajstić information content (AvgIpc) is 3.59. The SMILES string of the molecule is CC=C1COCC1=CC(C#Cc1ccc2c(F)c(/C=C/C)ccc2c1F)=C([C]#[Os])[P+](c1ccccc1)(c1ccccc1)c1ccccc1. The summed E-state index contributed by atoms with van der Waals surface area (Å²) in [6.07, 6.45) is 7.61. The first-order valence-electron chi connectivity index (χ1n) is 15.7. The molecule has 1 fully saturated rings. The molecule has 237 valence electrons. The minimum atomic E-state index is -2.58. The summed E-state index contributed by atoms with van der Waals surface area (Å²) in [4.78, 5) is 0. The molecule has 0 aliphatic carbocycles.